The first-order chi connectivity index (χ1) is 20.4. The Bertz CT molecular complexity index is 2000. The van der Waals surface area contributed by atoms with Gasteiger partial charge in [0.1, 0.15) is 11.3 Å². The number of carbonyl (C=O) groups excluding carboxylic acids is 1. The van der Waals surface area contributed by atoms with Crippen LogP contribution in [0, 0.1) is 0 Å². The summed E-state index contributed by atoms with van der Waals surface area (Å²) < 4.78 is 0. The topological polar surface area (TPSA) is 92.9 Å². The van der Waals surface area contributed by atoms with Gasteiger partial charge in [0.15, 0.2) is 0 Å². The van der Waals surface area contributed by atoms with Crippen molar-refractivity contribution in [3.63, 3.8) is 0 Å². The lowest BCUT2D eigenvalue weighted by Gasteiger charge is -2.40. The largest absolute Gasteiger partial charge is 0.353 e. The van der Waals surface area contributed by atoms with Crippen LogP contribution in [0.4, 0.5) is 17.1 Å². The van der Waals surface area contributed by atoms with E-state index in [0.717, 1.165) is 64.5 Å². The Kier molecular flexibility index (Phi) is 5.49. The van der Waals surface area contributed by atoms with Gasteiger partial charge < -0.3 is 20.2 Å². The van der Waals surface area contributed by atoms with Gasteiger partial charge in [0.2, 0.25) is 0 Å². The van der Waals surface area contributed by atoms with Crippen molar-refractivity contribution >= 4 is 45.0 Å². The molecule has 8 heteroatoms. The zero-order valence-corrected chi connectivity index (χ0v) is 23.6. The number of hydrogen-bond donors (Lipinski definition) is 3. The van der Waals surface area contributed by atoms with Gasteiger partial charge in [-0.1, -0.05) is 32.0 Å². The lowest BCUT2D eigenvalue weighted by atomic mass is 9.78. The van der Waals surface area contributed by atoms with Crippen LogP contribution in [0.3, 0.4) is 0 Å². The van der Waals surface area contributed by atoms with E-state index in [1.165, 1.54) is 22.1 Å². The number of nitrogens with one attached hydrogen (secondary N) is 3. The number of amides is 1. The van der Waals surface area contributed by atoms with E-state index in [0.29, 0.717) is 6.54 Å². The van der Waals surface area contributed by atoms with Crippen LogP contribution in [-0.4, -0.2) is 37.3 Å². The molecule has 4 aromatic heterocycles. The second-order valence-corrected chi connectivity index (χ2v) is 12.0. The molecule has 8 nitrogen and oxygen atoms in total. The first-order valence-corrected chi connectivity index (χ1v) is 14.3. The highest BCUT2D eigenvalue weighted by molar-refractivity contribution is 6.14. The number of pyridine rings is 2. The molecule has 0 bridgehead atoms. The third-order valence-corrected chi connectivity index (χ3v) is 8.73. The highest BCUT2D eigenvalue weighted by Crippen LogP contribution is 2.40. The van der Waals surface area contributed by atoms with Gasteiger partial charge in [-0.05, 0) is 64.7 Å². The molecule has 0 fully saturated rings. The predicted octanol–water partition coefficient (Wildman–Crippen LogP) is 6.64. The van der Waals surface area contributed by atoms with Crippen molar-refractivity contribution in [1.29, 1.82) is 0 Å². The number of nitrogens with zero attached hydrogens (tertiary/aromatic N) is 4. The molecule has 8 rings (SSSR count). The SMILES string of the molecule is CC1(C)CN(Cc2c[nH]c3ncccc23)Cc2cc(N3Cc4cccc(Nc5c[nH]c6ncccc56)c4C3=O)ccc21. The number of anilines is 3. The Balaban J connectivity index is 1.08. The second kappa shape index (κ2) is 9.29. The van der Waals surface area contributed by atoms with Crippen LogP contribution in [0.1, 0.15) is 46.5 Å². The van der Waals surface area contributed by atoms with Crippen molar-refractivity contribution in [3.8, 4) is 0 Å². The number of benzene rings is 2. The summed E-state index contributed by atoms with van der Waals surface area (Å²) in [6, 6.07) is 20.7. The van der Waals surface area contributed by atoms with E-state index < -0.39 is 0 Å². The summed E-state index contributed by atoms with van der Waals surface area (Å²) in [5, 5.41) is 5.66. The van der Waals surface area contributed by atoms with Crippen LogP contribution < -0.4 is 10.2 Å². The molecule has 1 amide bonds. The molecule has 0 radical (unpaired) electrons. The molecule has 2 aliphatic rings. The molecule has 42 heavy (non-hydrogen) atoms. The molecule has 0 aliphatic carbocycles. The van der Waals surface area contributed by atoms with Gasteiger partial charge >= 0.3 is 0 Å². The van der Waals surface area contributed by atoms with E-state index >= 15 is 0 Å². The Morgan fingerprint density at radius 2 is 1.64 bits per heavy atom. The van der Waals surface area contributed by atoms with Crippen LogP contribution in [0.2, 0.25) is 0 Å². The fourth-order valence-electron chi connectivity index (χ4n) is 6.85. The van der Waals surface area contributed by atoms with E-state index in [1.807, 2.05) is 47.6 Å². The Labute approximate surface area is 243 Å². The first kappa shape index (κ1) is 24.8. The summed E-state index contributed by atoms with van der Waals surface area (Å²) >= 11 is 0. The molecule has 208 valence electrons. The van der Waals surface area contributed by atoms with Gasteiger partial charge in [0.05, 0.1) is 23.5 Å². The normalized spacial score (nSPS) is 16.2. The van der Waals surface area contributed by atoms with E-state index in [4.69, 9.17) is 0 Å². The van der Waals surface area contributed by atoms with E-state index in [-0.39, 0.29) is 11.3 Å². The standard InChI is InChI=1S/C34H31N7O/c1-34(2)20-40(18-23-15-37-31-25(23)7-4-12-35-31)17-22-14-24(10-11-27(22)34)41-19-21-6-3-9-28(30(21)33(41)42)39-29-16-38-32-26(29)8-5-13-36-32/h3-16,39H,17-20H2,1-2H3,(H,35,37)(H,36,38). The Morgan fingerprint density at radius 3 is 2.50 bits per heavy atom. The van der Waals surface area contributed by atoms with Gasteiger partial charge in [-0.3, -0.25) is 9.69 Å². The minimum atomic E-state index is -0.0142. The third-order valence-electron chi connectivity index (χ3n) is 8.73. The summed E-state index contributed by atoms with van der Waals surface area (Å²) in [7, 11) is 0. The molecule has 0 spiro atoms. The minimum Gasteiger partial charge on any atom is -0.353 e. The fourth-order valence-corrected chi connectivity index (χ4v) is 6.85. The van der Waals surface area contributed by atoms with Crippen molar-refractivity contribution in [1.82, 2.24) is 24.8 Å². The summed E-state index contributed by atoms with van der Waals surface area (Å²) in [5.74, 6) is 0.0178. The monoisotopic (exact) mass is 553 g/mol. The maximum atomic E-state index is 14.0. The highest BCUT2D eigenvalue weighted by Gasteiger charge is 2.35. The first-order valence-electron chi connectivity index (χ1n) is 14.3. The van der Waals surface area contributed by atoms with Gasteiger partial charge in [0.25, 0.3) is 5.91 Å². The molecule has 3 N–H and O–H groups in total. The van der Waals surface area contributed by atoms with Gasteiger partial charge in [-0.2, -0.15) is 0 Å². The molecule has 6 aromatic rings. The lowest BCUT2D eigenvalue weighted by Crippen LogP contribution is -2.41. The molecule has 6 heterocycles. The molecule has 0 unspecified atom stereocenters. The van der Waals surface area contributed by atoms with E-state index in [1.54, 1.807) is 6.20 Å². The van der Waals surface area contributed by atoms with Crippen LogP contribution in [0.15, 0.2) is 85.5 Å². The summed E-state index contributed by atoms with van der Waals surface area (Å²) in [5.41, 5.74) is 10.00. The van der Waals surface area contributed by atoms with Crippen LogP contribution in [-0.2, 0) is 25.0 Å². The maximum Gasteiger partial charge on any atom is 0.261 e. The number of aromatic amines is 2. The molecular weight excluding hydrogens is 522 g/mol. The van der Waals surface area contributed by atoms with E-state index in [9.17, 15) is 4.79 Å². The zero-order valence-electron chi connectivity index (χ0n) is 23.6. The summed E-state index contributed by atoms with van der Waals surface area (Å²) in [6.45, 7) is 7.79. The quantitative estimate of drug-likeness (QED) is 0.223. The van der Waals surface area contributed by atoms with Crippen LogP contribution in [0.25, 0.3) is 22.1 Å². The van der Waals surface area contributed by atoms with Crippen LogP contribution >= 0.6 is 0 Å². The number of rotatable bonds is 5. The predicted molar refractivity (Wildman–Crippen MR) is 166 cm³/mol. The molecule has 0 atom stereocenters. The van der Waals surface area contributed by atoms with Gasteiger partial charge in [-0.15, -0.1) is 0 Å². The van der Waals surface area contributed by atoms with Gasteiger partial charge in [0, 0.05) is 66.3 Å². The zero-order chi connectivity index (χ0) is 28.4. The molecule has 2 aromatic carbocycles. The van der Waals surface area contributed by atoms with Crippen molar-refractivity contribution < 1.29 is 4.79 Å². The van der Waals surface area contributed by atoms with Crippen molar-refractivity contribution in [2.24, 2.45) is 0 Å². The number of carbonyl (C=O) groups is 1. The fraction of sp³-hybridized carbons (Fsp3) is 0.206. The smallest absolute Gasteiger partial charge is 0.261 e. The third kappa shape index (κ3) is 3.98. The van der Waals surface area contributed by atoms with Crippen LogP contribution in [0.5, 0.6) is 0 Å². The molecule has 0 saturated carbocycles. The number of fused-ring (bicyclic) bond motifs is 4. The molecule has 0 saturated heterocycles. The molecule has 2 aliphatic heterocycles. The maximum absolute atomic E-state index is 14.0. The van der Waals surface area contributed by atoms with Crippen molar-refractivity contribution in [3.05, 3.63) is 113 Å². The highest BCUT2D eigenvalue weighted by atomic mass is 16.2. The number of aromatic nitrogens is 4. The average molecular weight is 554 g/mol. The Hall–Kier alpha value is -4.95. The van der Waals surface area contributed by atoms with Gasteiger partial charge in [-0.25, -0.2) is 9.97 Å². The lowest BCUT2D eigenvalue weighted by molar-refractivity contribution is 0.0997. The molecular formula is C34H31N7O. The average Bonchev–Trinajstić information content (AvgIpc) is 3.69. The summed E-state index contributed by atoms with van der Waals surface area (Å²) in [4.78, 5) is 33.7. The van der Waals surface area contributed by atoms with Crippen molar-refractivity contribution in [2.45, 2.75) is 38.9 Å². The van der Waals surface area contributed by atoms with E-state index in [2.05, 4.69) is 80.5 Å². The summed E-state index contributed by atoms with van der Waals surface area (Å²) in [6.07, 6.45) is 7.57. The van der Waals surface area contributed by atoms with Crippen molar-refractivity contribution in [2.75, 3.05) is 16.8 Å². The second-order valence-electron chi connectivity index (χ2n) is 12.0. The number of hydrogen-bond acceptors (Lipinski definition) is 5. The minimum absolute atomic E-state index is 0.0142. The Morgan fingerprint density at radius 1 is 0.857 bits per heavy atom. The number of H-pyrrole nitrogens is 2.